The SMILES string of the molecule is COc1ccc(Cc2nc(C)c(CCO)c(=O)[nH]2)cc1. The second-order valence-corrected chi connectivity index (χ2v) is 4.58. The third kappa shape index (κ3) is 3.24. The van der Waals surface area contributed by atoms with E-state index in [1.165, 1.54) is 0 Å². The molecule has 5 heteroatoms. The molecule has 2 aromatic rings. The van der Waals surface area contributed by atoms with Gasteiger partial charge in [-0.05, 0) is 24.6 Å². The van der Waals surface area contributed by atoms with Gasteiger partial charge in [0.05, 0.1) is 7.11 Å². The number of hydrogen-bond acceptors (Lipinski definition) is 4. The number of benzene rings is 1. The van der Waals surface area contributed by atoms with Gasteiger partial charge in [-0.15, -0.1) is 0 Å². The Morgan fingerprint density at radius 2 is 2.00 bits per heavy atom. The molecule has 5 nitrogen and oxygen atoms in total. The molecule has 0 unspecified atom stereocenters. The number of methoxy groups -OCH3 is 1. The first kappa shape index (κ1) is 14.3. The van der Waals surface area contributed by atoms with Gasteiger partial charge >= 0.3 is 0 Å². The van der Waals surface area contributed by atoms with Gasteiger partial charge in [-0.1, -0.05) is 12.1 Å². The number of nitrogens with one attached hydrogen (secondary N) is 1. The standard InChI is InChI=1S/C15H18N2O3/c1-10-13(7-8-18)15(19)17-14(16-10)9-11-3-5-12(20-2)6-4-11/h3-6,18H,7-9H2,1-2H3,(H,16,17,19). The number of nitrogens with zero attached hydrogens (tertiary/aromatic N) is 1. The molecule has 0 radical (unpaired) electrons. The second-order valence-electron chi connectivity index (χ2n) is 4.58. The monoisotopic (exact) mass is 274 g/mol. The lowest BCUT2D eigenvalue weighted by Crippen LogP contribution is -2.20. The molecule has 2 rings (SSSR count). The number of rotatable bonds is 5. The summed E-state index contributed by atoms with van der Waals surface area (Å²) in [6.45, 7) is 1.74. The molecule has 0 bridgehead atoms. The zero-order chi connectivity index (χ0) is 14.5. The highest BCUT2D eigenvalue weighted by Gasteiger charge is 2.08. The Labute approximate surface area is 117 Å². The van der Waals surface area contributed by atoms with Crippen LogP contribution < -0.4 is 10.3 Å². The molecule has 1 aromatic heterocycles. The molecule has 1 heterocycles. The van der Waals surface area contributed by atoms with Gasteiger partial charge in [-0.25, -0.2) is 4.98 Å². The maximum absolute atomic E-state index is 11.9. The van der Waals surface area contributed by atoms with Gasteiger partial charge in [-0.3, -0.25) is 4.79 Å². The zero-order valence-corrected chi connectivity index (χ0v) is 11.6. The summed E-state index contributed by atoms with van der Waals surface area (Å²) in [5.74, 6) is 1.42. The molecular weight excluding hydrogens is 256 g/mol. The predicted molar refractivity (Wildman–Crippen MR) is 76.2 cm³/mol. The summed E-state index contributed by atoms with van der Waals surface area (Å²) in [5, 5.41) is 8.93. The minimum Gasteiger partial charge on any atom is -0.497 e. The van der Waals surface area contributed by atoms with Crippen LogP contribution >= 0.6 is 0 Å². The Kier molecular flexibility index (Phi) is 4.53. The topological polar surface area (TPSA) is 75.2 Å². The first-order valence-corrected chi connectivity index (χ1v) is 6.46. The average molecular weight is 274 g/mol. The smallest absolute Gasteiger partial charge is 0.254 e. The van der Waals surface area contributed by atoms with Crippen molar-refractivity contribution in [2.24, 2.45) is 0 Å². The van der Waals surface area contributed by atoms with Crippen molar-refractivity contribution in [3.63, 3.8) is 0 Å². The van der Waals surface area contributed by atoms with Crippen LogP contribution in [0.2, 0.25) is 0 Å². The summed E-state index contributed by atoms with van der Waals surface area (Å²) in [5.41, 5.74) is 2.09. The number of aromatic nitrogens is 2. The molecule has 0 saturated heterocycles. The van der Waals surface area contributed by atoms with E-state index < -0.39 is 0 Å². The quantitative estimate of drug-likeness (QED) is 0.859. The van der Waals surface area contributed by atoms with Crippen LogP contribution in [-0.2, 0) is 12.8 Å². The largest absolute Gasteiger partial charge is 0.497 e. The Morgan fingerprint density at radius 1 is 1.30 bits per heavy atom. The van der Waals surface area contributed by atoms with Crippen molar-refractivity contribution in [2.75, 3.05) is 13.7 Å². The number of aliphatic hydroxyl groups is 1. The van der Waals surface area contributed by atoms with Crippen molar-refractivity contribution in [1.82, 2.24) is 9.97 Å². The predicted octanol–water partition coefficient (Wildman–Crippen LogP) is 1.21. The highest BCUT2D eigenvalue weighted by atomic mass is 16.5. The van der Waals surface area contributed by atoms with Crippen molar-refractivity contribution >= 4 is 0 Å². The van der Waals surface area contributed by atoms with Crippen molar-refractivity contribution in [3.8, 4) is 5.75 Å². The highest BCUT2D eigenvalue weighted by molar-refractivity contribution is 5.29. The number of aliphatic hydroxyl groups excluding tert-OH is 1. The second kappa shape index (κ2) is 6.34. The highest BCUT2D eigenvalue weighted by Crippen LogP contribution is 2.13. The van der Waals surface area contributed by atoms with E-state index in [1.54, 1.807) is 14.0 Å². The Morgan fingerprint density at radius 3 is 2.55 bits per heavy atom. The number of hydrogen-bond donors (Lipinski definition) is 2. The van der Waals surface area contributed by atoms with E-state index >= 15 is 0 Å². The molecule has 1 aromatic carbocycles. The van der Waals surface area contributed by atoms with E-state index in [0.717, 1.165) is 11.3 Å². The van der Waals surface area contributed by atoms with E-state index in [-0.39, 0.29) is 12.2 Å². The lowest BCUT2D eigenvalue weighted by atomic mass is 10.1. The number of aromatic amines is 1. The normalized spacial score (nSPS) is 10.6. The van der Waals surface area contributed by atoms with Gasteiger partial charge in [0.2, 0.25) is 0 Å². The maximum atomic E-state index is 11.9. The van der Waals surface area contributed by atoms with E-state index in [1.807, 2.05) is 24.3 Å². The first-order valence-electron chi connectivity index (χ1n) is 6.46. The van der Waals surface area contributed by atoms with Crippen LogP contribution in [0.4, 0.5) is 0 Å². The Balaban J connectivity index is 2.23. The molecule has 0 amide bonds. The van der Waals surface area contributed by atoms with Crippen LogP contribution in [-0.4, -0.2) is 28.8 Å². The third-order valence-electron chi connectivity index (χ3n) is 3.16. The average Bonchev–Trinajstić information content (AvgIpc) is 2.44. The maximum Gasteiger partial charge on any atom is 0.254 e. The molecule has 0 saturated carbocycles. The minimum atomic E-state index is -0.171. The summed E-state index contributed by atoms with van der Waals surface area (Å²) < 4.78 is 5.10. The zero-order valence-electron chi connectivity index (χ0n) is 11.6. The number of ether oxygens (including phenoxy) is 1. The Hall–Kier alpha value is -2.14. The van der Waals surface area contributed by atoms with Crippen LogP contribution in [0, 0.1) is 6.92 Å². The molecule has 20 heavy (non-hydrogen) atoms. The third-order valence-corrected chi connectivity index (χ3v) is 3.16. The molecule has 0 spiro atoms. The fraction of sp³-hybridized carbons (Fsp3) is 0.333. The van der Waals surface area contributed by atoms with E-state index in [9.17, 15) is 4.79 Å². The number of H-pyrrole nitrogens is 1. The van der Waals surface area contributed by atoms with Crippen LogP contribution in [0.5, 0.6) is 5.75 Å². The van der Waals surface area contributed by atoms with Crippen LogP contribution in [0.15, 0.2) is 29.1 Å². The summed E-state index contributed by atoms with van der Waals surface area (Å²) in [7, 11) is 1.62. The van der Waals surface area contributed by atoms with Crippen LogP contribution in [0.3, 0.4) is 0 Å². The molecule has 0 atom stereocenters. The van der Waals surface area contributed by atoms with Crippen molar-refractivity contribution in [2.45, 2.75) is 19.8 Å². The lowest BCUT2D eigenvalue weighted by Gasteiger charge is -2.07. The molecule has 106 valence electrons. The van der Waals surface area contributed by atoms with Gasteiger partial charge in [0.15, 0.2) is 0 Å². The van der Waals surface area contributed by atoms with Crippen LogP contribution in [0.1, 0.15) is 22.6 Å². The fourth-order valence-electron chi connectivity index (χ4n) is 2.10. The van der Waals surface area contributed by atoms with Crippen molar-refractivity contribution in [3.05, 3.63) is 57.3 Å². The van der Waals surface area contributed by atoms with Gasteiger partial charge in [-0.2, -0.15) is 0 Å². The van der Waals surface area contributed by atoms with Gasteiger partial charge in [0, 0.05) is 30.7 Å². The molecule has 0 aliphatic heterocycles. The van der Waals surface area contributed by atoms with Crippen molar-refractivity contribution in [1.29, 1.82) is 0 Å². The van der Waals surface area contributed by atoms with E-state index in [4.69, 9.17) is 9.84 Å². The summed E-state index contributed by atoms with van der Waals surface area (Å²) in [6, 6.07) is 7.63. The Bertz CT molecular complexity index is 633. The lowest BCUT2D eigenvalue weighted by molar-refractivity contribution is 0.298. The van der Waals surface area contributed by atoms with Gasteiger partial charge in [0.1, 0.15) is 11.6 Å². The minimum absolute atomic E-state index is 0.0522. The van der Waals surface area contributed by atoms with E-state index in [0.29, 0.717) is 29.9 Å². The fourth-order valence-corrected chi connectivity index (χ4v) is 2.10. The molecule has 0 aliphatic rings. The number of aryl methyl sites for hydroxylation is 1. The molecule has 0 fully saturated rings. The molecule has 0 aliphatic carbocycles. The first-order chi connectivity index (χ1) is 9.63. The molecule has 2 N–H and O–H groups in total. The summed E-state index contributed by atoms with van der Waals surface area (Å²) in [6.07, 6.45) is 0.885. The summed E-state index contributed by atoms with van der Waals surface area (Å²) >= 11 is 0. The van der Waals surface area contributed by atoms with Crippen LogP contribution in [0.25, 0.3) is 0 Å². The molecular formula is C15H18N2O3. The van der Waals surface area contributed by atoms with Gasteiger partial charge < -0.3 is 14.8 Å². The van der Waals surface area contributed by atoms with Crippen molar-refractivity contribution < 1.29 is 9.84 Å². The van der Waals surface area contributed by atoms with Gasteiger partial charge in [0.25, 0.3) is 5.56 Å². The van der Waals surface area contributed by atoms with E-state index in [2.05, 4.69) is 9.97 Å². The summed E-state index contributed by atoms with van der Waals surface area (Å²) in [4.78, 5) is 19.1.